The molecule has 2 N–H and O–H groups in total. The van der Waals surface area contributed by atoms with Gasteiger partial charge in [-0.1, -0.05) is 33.6 Å². The molecule has 0 saturated carbocycles. The SMILES string of the molecule is CC(C)(C)CCCCC(C(=O)O)C(=O)O. The number of aliphatic carboxylic acids is 2. The van der Waals surface area contributed by atoms with Gasteiger partial charge in [0, 0.05) is 0 Å². The minimum atomic E-state index is -1.25. The zero-order chi connectivity index (χ0) is 12.1. The predicted molar refractivity (Wildman–Crippen MR) is 56.7 cm³/mol. The van der Waals surface area contributed by atoms with Crippen molar-refractivity contribution in [3.05, 3.63) is 0 Å². The molecular formula is C11H20O4. The molecule has 4 heteroatoms. The highest BCUT2D eigenvalue weighted by molar-refractivity contribution is 5.92. The molecule has 0 fully saturated rings. The van der Waals surface area contributed by atoms with Crippen LogP contribution < -0.4 is 0 Å². The van der Waals surface area contributed by atoms with Gasteiger partial charge in [0.1, 0.15) is 0 Å². The molecule has 0 amide bonds. The lowest BCUT2D eigenvalue weighted by molar-refractivity contribution is -0.154. The van der Waals surface area contributed by atoms with Crippen LogP contribution >= 0.6 is 0 Å². The first-order valence-corrected chi connectivity index (χ1v) is 5.19. The fourth-order valence-electron chi connectivity index (χ4n) is 1.36. The normalized spacial score (nSPS) is 11.7. The summed E-state index contributed by atoms with van der Waals surface area (Å²) >= 11 is 0. The lowest BCUT2D eigenvalue weighted by Crippen LogP contribution is -2.23. The van der Waals surface area contributed by atoms with Crippen molar-refractivity contribution in [1.29, 1.82) is 0 Å². The molecule has 88 valence electrons. The maximum absolute atomic E-state index is 10.6. The number of carbonyl (C=O) groups is 2. The highest BCUT2D eigenvalue weighted by Crippen LogP contribution is 2.23. The minimum absolute atomic E-state index is 0.223. The van der Waals surface area contributed by atoms with E-state index in [2.05, 4.69) is 20.8 Å². The van der Waals surface area contributed by atoms with Crippen molar-refractivity contribution < 1.29 is 19.8 Å². The maximum atomic E-state index is 10.6. The lowest BCUT2D eigenvalue weighted by atomic mass is 9.88. The molecule has 0 saturated heterocycles. The standard InChI is InChI=1S/C11H20O4/c1-11(2,3)7-5-4-6-8(9(12)13)10(14)15/h8H,4-7H2,1-3H3,(H,12,13)(H,14,15). The van der Waals surface area contributed by atoms with Crippen molar-refractivity contribution in [2.45, 2.75) is 46.5 Å². The van der Waals surface area contributed by atoms with E-state index in [1.165, 1.54) is 0 Å². The lowest BCUT2D eigenvalue weighted by Gasteiger charge is -2.17. The molecule has 0 heterocycles. The van der Waals surface area contributed by atoms with Gasteiger partial charge < -0.3 is 10.2 Å². The number of unbranched alkanes of at least 4 members (excludes halogenated alkanes) is 1. The Morgan fingerprint density at radius 1 is 1.07 bits per heavy atom. The van der Waals surface area contributed by atoms with Gasteiger partial charge in [-0.05, 0) is 18.3 Å². The Bertz CT molecular complexity index is 213. The largest absolute Gasteiger partial charge is 0.481 e. The van der Waals surface area contributed by atoms with Crippen molar-refractivity contribution in [3.63, 3.8) is 0 Å². The number of hydrogen-bond acceptors (Lipinski definition) is 2. The molecule has 0 bridgehead atoms. The zero-order valence-electron chi connectivity index (χ0n) is 9.62. The quantitative estimate of drug-likeness (QED) is 0.528. The van der Waals surface area contributed by atoms with Crippen LogP contribution in [-0.4, -0.2) is 22.2 Å². The van der Waals surface area contributed by atoms with E-state index in [1.54, 1.807) is 0 Å². The summed E-state index contributed by atoms with van der Waals surface area (Å²) in [6, 6.07) is 0. The van der Waals surface area contributed by atoms with Crippen LogP contribution in [0.25, 0.3) is 0 Å². The predicted octanol–water partition coefficient (Wildman–Crippen LogP) is 2.38. The van der Waals surface area contributed by atoms with Crippen LogP contribution in [0.15, 0.2) is 0 Å². The molecule has 0 atom stereocenters. The Balaban J connectivity index is 3.83. The second-order valence-electron chi connectivity index (χ2n) is 5.04. The first-order chi connectivity index (χ1) is 6.74. The van der Waals surface area contributed by atoms with Gasteiger partial charge in [0.25, 0.3) is 0 Å². The Kier molecular flexibility index (Phi) is 5.33. The Labute approximate surface area is 90.3 Å². The fourth-order valence-corrected chi connectivity index (χ4v) is 1.36. The molecule has 0 aromatic carbocycles. The van der Waals surface area contributed by atoms with Crippen LogP contribution in [0, 0.1) is 11.3 Å². The molecule has 0 aliphatic rings. The monoisotopic (exact) mass is 216 g/mol. The highest BCUT2D eigenvalue weighted by Gasteiger charge is 2.24. The second-order valence-corrected chi connectivity index (χ2v) is 5.04. The van der Waals surface area contributed by atoms with Gasteiger partial charge in [0.2, 0.25) is 0 Å². The van der Waals surface area contributed by atoms with Gasteiger partial charge in [-0.15, -0.1) is 0 Å². The maximum Gasteiger partial charge on any atom is 0.317 e. The topological polar surface area (TPSA) is 74.6 Å². The summed E-state index contributed by atoms with van der Waals surface area (Å²) < 4.78 is 0. The van der Waals surface area contributed by atoms with Gasteiger partial charge >= 0.3 is 11.9 Å². The zero-order valence-corrected chi connectivity index (χ0v) is 9.62. The first-order valence-electron chi connectivity index (χ1n) is 5.19. The van der Waals surface area contributed by atoms with E-state index in [0.29, 0.717) is 6.42 Å². The number of carboxylic acid groups (broad SMARTS) is 2. The van der Waals surface area contributed by atoms with Crippen molar-refractivity contribution in [2.75, 3.05) is 0 Å². The fraction of sp³-hybridized carbons (Fsp3) is 0.818. The van der Waals surface area contributed by atoms with E-state index in [4.69, 9.17) is 10.2 Å². The van der Waals surface area contributed by atoms with Gasteiger partial charge in [0.15, 0.2) is 5.92 Å². The molecule has 0 aliphatic carbocycles. The minimum Gasteiger partial charge on any atom is -0.481 e. The summed E-state index contributed by atoms with van der Waals surface area (Å²) in [7, 11) is 0. The van der Waals surface area contributed by atoms with Crippen LogP contribution in [0.5, 0.6) is 0 Å². The van der Waals surface area contributed by atoms with E-state index < -0.39 is 17.9 Å². The van der Waals surface area contributed by atoms with Crippen molar-refractivity contribution >= 4 is 11.9 Å². The van der Waals surface area contributed by atoms with Gasteiger partial charge in [-0.2, -0.15) is 0 Å². The summed E-state index contributed by atoms with van der Waals surface area (Å²) in [5.74, 6) is -3.72. The summed E-state index contributed by atoms with van der Waals surface area (Å²) in [4.78, 5) is 21.1. The molecule has 0 aromatic heterocycles. The average molecular weight is 216 g/mol. The molecule has 0 radical (unpaired) electrons. The van der Waals surface area contributed by atoms with E-state index in [1.807, 2.05) is 0 Å². The third kappa shape index (κ3) is 6.94. The number of hydrogen-bond donors (Lipinski definition) is 2. The third-order valence-corrected chi connectivity index (χ3v) is 2.27. The summed E-state index contributed by atoms with van der Waals surface area (Å²) in [6.45, 7) is 6.33. The summed E-state index contributed by atoms with van der Waals surface area (Å²) in [5, 5.41) is 17.2. The van der Waals surface area contributed by atoms with Crippen LogP contribution in [0.3, 0.4) is 0 Å². The summed E-state index contributed by atoms with van der Waals surface area (Å²) in [5.41, 5.74) is 0.224. The number of rotatable bonds is 6. The molecule has 0 aliphatic heterocycles. The van der Waals surface area contributed by atoms with Crippen LogP contribution in [0.2, 0.25) is 0 Å². The second kappa shape index (κ2) is 5.73. The molecule has 0 spiro atoms. The van der Waals surface area contributed by atoms with Crippen LogP contribution in [-0.2, 0) is 9.59 Å². The number of carboxylic acids is 2. The molecule has 0 unspecified atom stereocenters. The van der Waals surface area contributed by atoms with Gasteiger partial charge in [0.05, 0.1) is 0 Å². The Morgan fingerprint density at radius 3 is 1.87 bits per heavy atom. The van der Waals surface area contributed by atoms with Crippen molar-refractivity contribution in [2.24, 2.45) is 11.3 Å². The van der Waals surface area contributed by atoms with E-state index in [-0.39, 0.29) is 11.8 Å². The van der Waals surface area contributed by atoms with Crippen molar-refractivity contribution in [1.82, 2.24) is 0 Å². The Hall–Kier alpha value is -1.06. The molecule has 15 heavy (non-hydrogen) atoms. The van der Waals surface area contributed by atoms with E-state index in [9.17, 15) is 9.59 Å². The third-order valence-electron chi connectivity index (χ3n) is 2.27. The first kappa shape index (κ1) is 13.9. The van der Waals surface area contributed by atoms with Crippen LogP contribution in [0.4, 0.5) is 0 Å². The van der Waals surface area contributed by atoms with Crippen LogP contribution in [0.1, 0.15) is 46.5 Å². The molecule has 0 aromatic rings. The molecular weight excluding hydrogens is 196 g/mol. The van der Waals surface area contributed by atoms with Gasteiger partial charge in [-0.3, -0.25) is 9.59 Å². The Morgan fingerprint density at radius 2 is 1.53 bits per heavy atom. The molecule has 0 rings (SSSR count). The highest BCUT2D eigenvalue weighted by atomic mass is 16.4. The summed E-state index contributed by atoms with van der Waals surface area (Å²) in [6.07, 6.45) is 2.74. The van der Waals surface area contributed by atoms with Gasteiger partial charge in [-0.25, -0.2) is 0 Å². The average Bonchev–Trinajstić information content (AvgIpc) is 2.00. The van der Waals surface area contributed by atoms with E-state index >= 15 is 0 Å². The van der Waals surface area contributed by atoms with E-state index in [0.717, 1.165) is 12.8 Å². The van der Waals surface area contributed by atoms with Crippen molar-refractivity contribution in [3.8, 4) is 0 Å². The molecule has 4 nitrogen and oxygen atoms in total. The smallest absolute Gasteiger partial charge is 0.317 e.